The maximum absolute atomic E-state index is 13.6. The Morgan fingerprint density at radius 1 is 1.07 bits per heavy atom. The first-order valence-electron chi connectivity index (χ1n) is 8.14. The maximum atomic E-state index is 13.6. The molecule has 4 aromatic rings. The van der Waals surface area contributed by atoms with Crippen LogP contribution in [0.1, 0.15) is 5.56 Å². The van der Waals surface area contributed by atoms with Crippen molar-refractivity contribution < 1.29 is 8.81 Å². The molecule has 140 valence electrons. The Morgan fingerprint density at radius 3 is 2.79 bits per heavy atom. The van der Waals surface area contributed by atoms with Crippen LogP contribution >= 0.6 is 28.7 Å². The van der Waals surface area contributed by atoms with E-state index >= 15 is 0 Å². The Balaban J connectivity index is 0.00000192. The Kier molecular flexibility index (Phi) is 4.86. The molecule has 0 fully saturated rings. The fourth-order valence-electron chi connectivity index (χ4n) is 2.93. The summed E-state index contributed by atoms with van der Waals surface area (Å²) < 4.78 is 20.5. The zero-order valence-corrected chi connectivity index (χ0v) is 16.7. The van der Waals surface area contributed by atoms with E-state index in [0.29, 0.717) is 39.2 Å². The standard InChI is InChI=1S/C19H11FN4O2S.BrH/c20-13-6-3-5-12(8-13)17-21-22-19-24(17)23-15(10-27-19)14-9-11-4-1-2-7-16(11)26-18(14)25;/h1-9H,10H2;1H. The Morgan fingerprint density at radius 2 is 1.93 bits per heavy atom. The average molecular weight is 459 g/mol. The molecule has 3 heterocycles. The van der Waals surface area contributed by atoms with E-state index < -0.39 is 5.63 Å². The van der Waals surface area contributed by atoms with Gasteiger partial charge < -0.3 is 4.42 Å². The lowest BCUT2D eigenvalue weighted by Gasteiger charge is -2.13. The van der Waals surface area contributed by atoms with E-state index in [2.05, 4.69) is 15.3 Å². The molecule has 1 aliphatic heterocycles. The van der Waals surface area contributed by atoms with Gasteiger partial charge >= 0.3 is 5.63 Å². The van der Waals surface area contributed by atoms with Crippen LogP contribution in [0.5, 0.6) is 0 Å². The molecule has 0 saturated carbocycles. The van der Waals surface area contributed by atoms with Gasteiger partial charge in [0.15, 0.2) is 5.82 Å². The number of aromatic nitrogens is 3. The molecule has 1 aliphatic rings. The summed E-state index contributed by atoms with van der Waals surface area (Å²) >= 11 is 1.41. The van der Waals surface area contributed by atoms with Crippen LogP contribution in [0.2, 0.25) is 0 Å². The molecule has 0 unspecified atom stereocenters. The van der Waals surface area contributed by atoms with Gasteiger partial charge in [-0.25, -0.2) is 9.18 Å². The third-order valence-electron chi connectivity index (χ3n) is 4.21. The SMILES string of the molecule is Br.O=c1oc2ccccc2cc1C1=Nn2c(nnc2-c2cccc(F)c2)SC1. The second kappa shape index (κ2) is 7.33. The molecule has 28 heavy (non-hydrogen) atoms. The predicted molar refractivity (Wildman–Crippen MR) is 111 cm³/mol. The van der Waals surface area contributed by atoms with E-state index in [1.54, 1.807) is 24.3 Å². The van der Waals surface area contributed by atoms with Crippen LogP contribution in [0, 0.1) is 5.82 Å². The molecular weight excluding hydrogens is 447 g/mol. The van der Waals surface area contributed by atoms with E-state index in [1.165, 1.54) is 28.6 Å². The van der Waals surface area contributed by atoms with Crippen LogP contribution in [-0.2, 0) is 0 Å². The number of benzene rings is 2. The summed E-state index contributed by atoms with van der Waals surface area (Å²) in [5, 5.41) is 14.2. The Hall–Kier alpha value is -2.78. The average Bonchev–Trinajstić information content (AvgIpc) is 3.10. The van der Waals surface area contributed by atoms with Gasteiger partial charge in [0.25, 0.3) is 0 Å². The van der Waals surface area contributed by atoms with Crippen molar-refractivity contribution in [3.63, 3.8) is 0 Å². The molecule has 0 spiro atoms. The summed E-state index contributed by atoms with van der Waals surface area (Å²) in [6.45, 7) is 0. The highest BCUT2D eigenvalue weighted by Crippen LogP contribution is 2.28. The van der Waals surface area contributed by atoms with Crippen molar-refractivity contribution in [1.82, 2.24) is 14.9 Å². The number of fused-ring (bicyclic) bond motifs is 2. The van der Waals surface area contributed by atoms with Gasteiger partial charge in [0.2, 0.25) is 5.16 Å². The fourth-order valence-corrected chi connectivity index (χ4v) is 3.76. The van der Waals surface area contributed by atoms with Crippen molar-refractivity contribution in [3.8, 4) is 11.4 Å². The van der Waals surface area contributed by atoms with Crippen molar-refractivity contribution >= 4 is 45.4 Å². The number of para-hydroxylation sites is 1. The van der Waals surface area contributed by atoms with Gasteiger partial charge in [-0.05, 0) is 24.3 Å². The molecule has 0 bridgehead atoms. The molecule has 9 heteroatoms. The van der Waals surface area contributed by atoms with Crippen LogP contribution in [-0.4, -0.2) is 26.3 Å². The third kappa shape index (κ3) is 3.16. The molecule has 2 aromatic heterocycles. The van der Waals surface area contributed by atoms with Crippen LogP contribution in [0.3, 0.4) is 0 Å². The minimum absolute atomic E-state index is 0. The van der Waals surface area contributed by atoms with Crippen LogP contribution in [0.15, 0.2) is 74.1 Å². The maximum Gasteiger partial charge on any atom is 0.345 e. The molecule has 0 amide bonds. The van der Waals surface area contributed by atoms with E-state index in [0.717, 1.165) is 5.39 Å². The summed E-state index contributed by atoms with van der Waals surface area (Å²) in [5.74, 6) is 0.511. The van der Waals surface area contributed by atoms with Crippen molar-refractivity contribution in [2.24, 2.45) is 5.10 Å². The van der Waals surface area contributed by atoms with Crippen molar-refractivity contribution in [2.45, 2.75) is 5.16 Å². The molecular formula is C19H12BrFN4O2S. The molecule has 0 atom stereocenters. The summed E-state index contributed by atoms with van der Waals surface area (Å²) in [6, 6.07) is 15.2. The number of rotatable bonds is 2. The zero-order chi connectivity index (χ0) is 18.4. The van der Waals surface area contributed by atoms with Crippen molar-refractivity contribution in [1.29, 1.82) is 0 Å². The van der Waals surface area contributed by atoms with Gasteiger partial charge in [-0.15, -0.1) is 27.2 Å². The van der Waals surface area contributed by atoms with Gasteiger partial charge in [-0.2, -0.15) is 9.78 Å². The highest BCUT2D eigenvalue weighted by Gasteiger charge is 2.23. The number of thioether (sulfide) groups is 1. The van der Waals surface area contributed by atoms with Crippen LogP contribution < -0.4 is 5.63 Å². The Bertz CT molecular complexity index is 1280. The van der Waals surface area contributed by atoms with E-state index in [-0.39, 0.29) is 22.8 Å². The normalized spacial score (nSPS) is 13.0. The monoisotopic (exact) mass is 458 g/mol. The largest absolute Gasteiger partial charge is 0.422 e. The minimum Gasteiger partial charge on any atom is -0.422 e. The smallest absolute Gasteiger partial charge is 0.345 e. The second-order valence-corrected chi connectivity index (χ2v) is 6.89. The fraction of sp³-hybridized carbons (Fsp3) is 0.0526. The lowest BCUT2D eigenvalue weighted by atomic mass is 10.1. The third-order valence-corrected chi connectivity index (χ3v) is 5.14. The number of hydrogen-bond donors (Lipinski definition) is 0. The van der Waals surface area contributed by atoms with Gasteiger partial charge in [-0.1, -0.05) is 42.1 Å². The van der Waals surface area contributed by atoms with Crippen molar-refractivity contribution in [3.05, 3.63) is 76.4 Å². The first-order chi connectivity index (χ1) is 13.2. The Labute approximate surface area is 172 Å². The quantitative estimate of drug-likeness (QED) is 0.422. The predicted octanol–water partition coefficient (Wildman–Crippen LogP) is 4.13. The molecule has 0 radical (unpaired) electrons. The van der Waals surface area contributed by atoms with E-state index in [4.69, 9.17) is 4.42 Å². The summed E-state index contributed by atoms with van der Waals surface area (Å²) in [5.41, 5.74) is 1.60. The second-order valence-electron chi connectivity index (χ2n) is 5.95. The first kappa shape index (κ1) is 18.6. The summed E-state index contributed by atoms with van der Waals surface area (Å²) in [7, 11) is 0. The molecule has 0 aliphatic carbocycles. The van der Waals surface area contributed by atoms with E-state index in [9.17, 15) is 9.18 Å². The molecule has 6 nitrogen and oxygen atoms in total. The van der Waals surface area contributed by atoms with Gasteiger partial charge in [0.05, 0.1) is 11.3 Å². The number of halogens is 2. The van der Waals surface area contributed by atoms with Crippen LogP contribution in [0.25, 0.3) is 22.4 Å². The molecule has 0 saturated heterocycles. The first-order valence-corrected chi connectivity index (χ1v) is 9.13. The topological polar surface area (TPSA) is 73.3 Å². The summed E-state index contributed by atoms with van der Waals surface area (Å²) in [4.78, 5) is 12.4. The minimum atomic E-state index is -0.447. The number of hydrogen-bond acceptors (Lipinski definition) is 6. The van der Waals surface area contributed by atoms with Crippen molar-refractivity contribution in [2.75, 3.05) is 5.75 Å². The van der Waals surface area contributed by atoms with Gasteiger partial charge in [-0.3, -0.25) is 0 Å². The summed E-state index contributed by atoms with van der Waals surface area (Å²) in [6.07, 6.45) is 0. The van der Waals surface area contributed by atoms with Crippen LogP contribution in [0.4, 0.5) is 4.39 Å². The van der Waals surface area contributed by atoms with E-state index in [1.807, 2.05) is 18.2 Å². The lowest BCUT2D eigenvalue weighted by Crippen LogP contribution is -2.20. The zero-order valence-electron chi connectivity index (χ0n) is 14.2. The molecule has 5 rings (SSSR count). The van der Waals surface area contributed by atoms with Gasteiger partial charge in [0, 0.05) is 16.7 Å². The number of nitrogens with zero attached hydrogens (tertiary/aromatic N) is 4. The molecule has 0 N–H and O–H groups in total. The van der Waals surface area contributed by atoms with Gasteiger partial charge in [0.1, 0.15) is 11.4 Å². The highest BCUT2D eigenvalue weighted by atomic mass is 79.9. The lowest BCUT2D eigenvalue weighted by molar-refractivity contribution is 0.559. The molecule has 2 aromatic carbocycles. The highest BCUT2D eigenvalue weighted by molar-refractivity contribution is 8.93.